The van der Waals surface area contributed by atoms with Crippen LogP contribution in [0.2, 0.25) is 0 Å². The molecule has 0 radical (unpaired) electrons. The number of hydrogen-bond acceptors (Lipinski definition) is 7. The van der Waals surface area contributed by atoms with Crippen LogP contribution in [0.25, 0.3) is 10.7 Å². The second-order valence-corrected chi connectivity index (χ2v) is 6.44. The van der Waals surface area contributed by atoms with Crippen LogP contribution in [-0.2, 0) is 6.61 Å². The molecule has 0 saturated heterocycles. The fourth-order valence-corrected chi connectivity index (χ4v) is 3.06. The van der Waals surface area contributed by atoms with Crippen molar-refractivity contribution in [3.8, 4) is 16.5 Å². The molecule has 0 saturated carbocycles. The first-order chi connectivity index (χ1) is 13.3. The molecule has 7 nitrogen and oxygen atoms in total. The van der Waals surface area contributed by atoms with E-state index in [9.17, 15) is 4.79 Å². The van der Waals surface area contributed by atoms with Crippen LogP contribution in [0.1, 0.15) is 16.1 Å². The molecule has 0 aliphatic carbocycles. The van der Waals surface area contributed by atoms with Crippen molar-refractivity contribution in [2.75, 3.05) is 5.32 Å². The maximum atomic E-state index is 12.5. The van der Waals surface area contributed by atoms with E-state index in [0.717, 1.165) is 0 Å². The van der Waals surface area contributed by atoms with Crippen molar-refractivity contribution in [2.45, 2.75) is 6.61 Å². The monoisotopic (exact) mass is 378 g/mol. The quantitative estimate of drug-likeness (QED) is 0.545. The van der Waals surface area contributed by atoms with Crippen LogP contribution in [0.4, 0.5) is 5.13 Å². The van der Waals surface area contributed by atoms with Gasteiger partial charge in [-0.3, -0.25) is 15.1 Å². The summed E-state index contributed by atoms with van der Waals surface area (Å²) in [4.78, 5) is 16.7. The third-order valence-corrected chi connectivity index (χ3v) is 4.48. The SMILES string of the molecule is O=C(Nc1nnc(-c2ccccn2)s1)c1occc1COc1ccccc1. The van der Waals surface area contributed by atoms with E-state index in [-0.39, 0.29) is 12.4 Å². The van der Waals surface area contributed by atoms with Crippen LogP contribution >= 0.6 is 11.3 Å². The Bertz CT molecular complexity index is 1030. The molecule has 1 amide bonds. The highest BCUT2D eigenvalue weighted by Crippen LogP contribution is 2.25. The molecule has 0 bridgehead atoms. The number of carbonyl (C=O) groups excluding carboxylic acids is 1. The minimum absolute atomic E-state index is 0.181. The summed E-state index contributed by atoms with van der Waals surface area (Å²) >= 11 is 1.24. The van der Waals surface area contributed by atoms with Crippen LogP contribution in [0.15, 0.2) is 71.5 Å². The van der Waals surface area contributed by atoms with E-state index in [1.54, 1.807) is 12.3 Å². The van der Waals surface area contributed by atoms with Gasteiger partial charge in [0.25, 0.3) is 5.91 Å². The van der Waals surface area contributed by atoms with Crippen LogP contribution in [-0.4, -0.2) is 21.1 Å². The van der Waals surface area contributed by atoms with Crippen molar-refractivity contribution in [2.24, 2.45) is 0 Å². The standard InChI is InChI=1S/C19H14N4O3S/c24-17(21-19-23-22-18(27-19)15-8-4-5-10-20-15)16-13(9-11-25-16)12-26-14-6-2-1-3-7-14/h1-11H,12H2,(H,21,23,24). The zero-order chi connectivity index (χ0) is 18.5. The second kappa shape index (κ2) is 7.79. The Balaban J connectivity index is 1.43. The fourth-order valence-electron chi connectivity index (χ4n) is 2.35. The molecule has 1 aromatic carbocycles. The minimum Gasteiger partial charge on any atom is -0.489 e. The average Bonchev–Trinajstić information content (AvgIpc) is 3.37. The Morgan fingerprint density at radius 3 is 2.74 bits per heavy atom. The molecule has 1 N–H and O–H groups in total. The molecule has 0 fully saturated rings. The number of para-hydroxylation sites is 1. The highest BCUT2D eigenvalue weighted by atomic mass is 32.1. The number of nitrogens with zero attached hydrogens (tertiary/aromatic N) is 3. The Morgan fingerprint density at radius 2 is 1.93 bits per heavy atom. The third-order valence-electron chi connectivity index (χ3n) is 3.62. The number of amides is 1. The number of carbonyl (C=O) groups is 1. The van der Waals surface area contributed by atoms with E-state index in [0.29, 0.717) is 27.1 Å². The first-order valence-electron chi connectivity index (χ1n) is 8.10. The first kappa shape index (κ1) is 16.9. The van der Waals surface area contributed by atoms with Crippen molar-refractivity contribution < 1.29 is 13.9 Å². The number of aromatic nitrogens is 3. The van der Waals surface area contributed by atoms with Gasteiger partial charge in [0.2, 0.25) is 5.13 Å². The summed E-state index contributed by atoms with van der Waals surface area (Å²) in [5.41, 5.74) is 1.34. The van der Waals surface area contributed by atoms with Crippen LogP contribution in [0.5, 0.6) is 5.75 Å². The minimum atomic E-state index is -0.407. The molecule has 0 aliphatic rings. The number of hydrogen-bond donors (Lipinski definition) is 1. The molecule has 8 heteroatoms. The summed E-state index contributed by atoms with van der Waals surface area (Å²) in [7, 11) is 0. The molecule has 0 aliphatic heterocycles. The number of anilines is 1. The summed E-state index contributed by atoms with van der Waals surface area (Å²) in [6.07, 6.45) is 3.13. The van der Waals surface area contributed by atoms with Crippen LogP contribution in [0.3, 0.4) is 0 Å². The van der Waals surface area contributed by atoms with Gasteiger partial charge in [0.15, 0.2) is 10.8 Å². The molecule has 27 heavy (non-hydrogen) atoms. The molecular weight excluding hydrogens is 364 g/mol. The van der Waals surface area contributed by atoms with Gasteiger partial charge in [-0.1, -0.05) is 35.6 Å². The Morgan fingerprint density at radius 1 is 1.07 bits per heavy atom. The lowest BCUT2D eigenvalue weighted by atomic mass is 10.2. The number of rotatable bonds is 6. The van der Waals surface area contributed by atoms with E-state index >= 15 is 0 Å². The normalized spacial score (nSPS) is 10.5. The summed E-state index contributed by atoms with van der Waals surface area (Å²) in [6.45, 7) is 0.221. The fraction of sp³-hybridized carbons (Fsp3) is 0.0526. The molecule has 0 spiro atoms. The van der Waals surface area contributed by atoms with Gasteiger partial charge >= 0.3 is 0 Å². The first-order valence-corrected chi connectivity index (χ1v) is 8.92. The van der Waals surface area contributed by atoms with Gasteiger partial charge in [-0.25, -0.2) is 0 Å². The van der Waals surface area contributed by atoms with Gasteiger partial charge < -0.3 is 9.15 Å². The van der Waals surface area contributed by atoms with Crippen molar-refractivity contribution in [1.82, 2.24) is 15.2 Å². The molecule has 4 rings (SSSR count). The topological polar surface area (TPSA) is 90.1 Å². The van der Waals surface area contributed by atoms with E-state index < -0.39 is 5.91 Å². The molecule has 3 aromatic heterocycles. The number of pyridine rings is 1. The van der Waals surface area contributed by atoms with E-state index in [2.05, 4.69) is 20.5 Å². The van der Waals surface area contributed by atoms with Crippen LogP contribution in [0, 0.1) is 0 Å². The van der Waals surface area contributed by atoms with Crippen molar-refractivity contribution in [3.05, 3.63) is 78.4 Å². The Kier molecular flexibility index (Phi) is 4.88. The summed E-state index contributed by atoms with van der Waals surface area (Å²) < 4.78 is 11.0. The summed E-state index contributed by atoms with van der Waals surface area (Å²) in [5, 5.41) is 11.7. The number of ether oxygens (including phenoxy) is 1. The molecule has 0 atom stereocenters. The zero-order valence-corrected chi connectivity index (χ0v) is 14.8. The number of nitrogens with one attached hydrogen (secondary N) is 1. The maximum Gasteiger partial charge on any atom is 0.293 e. The van der Waals surface area contributed by atoms with E-state index in [1.165, 1.54) is 17.6 Å². The van der Waals surface area contributed by atoms with E-state index in [4.69, 9.17) is 9.15 Å². The van der Waals surface area contributed by atoms with Gasteiger partial charge in [-0.05, 0) is 30.3 Å². The molecule has 4 aromatic rings. The highest BCUT2D eigenvalue weighted by molar-refractivity contribution is 7.18. The molecule has 3 heterocycles. The van der Waals surface area contributed by atoms with Crippen LogP contribution < -0.4 is 10.1 Å². The number of benzene rings is 1. The lowest BCUT2D eigenvalue weighted by Crippen LogP contribution is -2.13. The predicted molar refractivity (Wildman–Crippen MR) is 101 cm³/mol. The smallest absolute Gasteiger partial charge is 0.293 e. The van der Waals surface area contributed by atoms with Crippen molar-refractivity contribution in [1.29, 1.82) is 0 Å². The summed E-state index contributed by atoms with van der Waals surface area (Å²) in [5.74, 6) is 0.491. The third kappa shape index (κ3) is 4.01. The lowest BCUT2D eigenvalue weighted by Gasteiger charge is -2.06. The molecule has 0 unspecified atom stereocenters. The van der Waals surface area contributed by atoms with Crippen molar-refractivity contribution in [3.63, 3.8) is 0 Å². The average molecular weight is 378 g/mol. The van der Waals surface area contributed by atoms with Crippen molar-refractivity contribution >= 4 is 22.4 Å². The van der Waals surface area contributed by atoms with Gasteiger partial charge in [-0.2, -0.15) is 0 Å². The van der Waals surface area contributed by atoms with Gasteiger partial charge in [0.1, 0.15) is 18.1 Å². The highest BCUT2D eigenvalue weighted by Gasteiger charge is 2.18. The largest absolute Gasteiger partial charge is 0.489 e. The predicted octanol–water partition coefficient (Wildman–Crippen LogP) is 4.02. The van der Waals surface area contributed by atoms with Gasteiger partial charge in [0.05, 0.1) is 6.26 Å². The lowest BCUT2D eigenvalue weighted by molar-refractivity contribution is 0.0993. The molecule has 134 valence electrons. The molecular formula is C19H14N4O3S. The zero-order valence-electron chi connectivity index (χ0n) is 14.0. The summed E-state index contributed by atoms with van der Waals surface area (Å²) in [6, 6.07) is 16.6. The maximum absolute atomic E-state index is 12.5. The number of furan rings is 1. The van der Waals surface area contributed by atoms with Gasteiger partial charge in [0, 0.05) is 11.8 Å². The second-order valence-electron chi connectivity index (χ2n) is 5.46. The van der Waals surface area contributed by atoms with E-state index in [1.807, 2.05) is 48.5 Å². The Hall–Kier alpha value is -3.52. The van der Waals surface area contributed by atoms with Gasteiger partial charge in [-0.15, -0.1) is 10.2 Å². The Labute approximate surface area is 158 Å².